The molecule has 30 heavy (non-hydrogen) atoms. The smallest absolute Gasteiger partial charge is 0.255 e. The molecule has 0 atom stereocenters. The van der Waals surface area contributed by atoms with Gasteiger partial charge in [0.1, 0.15) is 5.75 Å². The van der Waals surface area contributed by atoms with Crippen LogP contribution in [-0.4, -0.2) is 49.5 Å². The number of methoxy groups -OCH3 is 1. The number of rotatable bonds is 8. The SMILES string of the molecule is CCNC(=O)c1cc(S(=O)(=O)N(C)Cc2nc(-c3ccccc3)no2)ccc1OC. The van der Waals surface area contributed by atoms with Crippen molar-refractivity contribution in [2.45, 2.75) is 18.4 Å². The summed E-state index contributed by atoms with van der Waals surface area (Å²) in [6, 6.07) is 13.3. The summed E-state index contributed by atoms with van der Waals surface area (Å²) in [5, 5.41) is 6.54. The van der Waals surface area contributed by atoms with E-state index in [2.05, 4.69) is 15.5 Å². The highest BCUT2D eigenvalue weighted by Crippen LogP contribution is 2.25. The van der Waals surface area contributed by atoms with E-state index in [1.165, 1.54) is 32.4 Å². The van der Waals surface area contributed by atoms with Gasteiger partial charge in [-0.2, -0.15) is 9.29 Å². The van der Waals surface area contributed by atoms with E-state index in [-0.39, 0.29) is 28.6 Å². The lowest BCUT2D eigenvalue weighted by Crippen LogP contribution is -2.28. The average Bonchev–Trinajstić information content (AvgIpc) is 3.22. The Morgan fingerprint density at radius 1 is 1.20 bits per heavy atom. The van der Waals surface area contributed by atoms with Crippen LogP contribution in [0.25, 0.3) is 11.4 Å². The Hall–Kier alpha value is -3.24. The number of hydrogen-bond acceptors (Lipinski definition) is 7. The number of benzene rings is 2. The molecule has 0 saturated carbocycles. The molecular weight excluding hydrogens is 408 g/mol. The molecule has 0 aliphatic rings. The van der Waals surface area contributed by atoms with Crippen LogP contribution in [0.4, 0.5) is 0 Å². The third-order valence-corrected chi connectivity index (χ3v) is 6.12. The van der Waals surface area contributed by atoms with Crippen LogP contribution in [0.15, 0.2) is 57.9 Å². The number of ether oxygens (including phenoxy) is 1. The van der Waals surface area contributed by atoms with Crippen molar-refractivity contribution in [3.8, 4) is 17.1 Å². The first-order valence-corrected chi connectivity index (χ1v) is 10.6. The number of hydrogen-bond donors (Lipinski definition) is 1. The van der Waals surface area contributed by atoms with Crippen LogP contribution in [0.2, 0.25) is 0 Å². The maximum atomic E-state index is 13.0. The maximum absolute atomic E-state index is 13.0. The van der Waals surface area contributed by atoms with E-state index in [9.17, 15) is 13.2 Å². The molecule has 3 aromatic rings. The Morgan fingerprint density at radius 3 is 2.60 bits per heavy atom. The van der Waals surface area contributed by atoms with Crippen molar-refractivity contribution in [3.63, 3.8) is 0 Å². The average molecular weight is 430 g/mol. The molecule has 9 nitrogen and oxygen atoms in total. The van der Waals surface area contributed by atoms with E-state index in [1.54, 1.807) is 6.92 Å². The molecule has 0 unspecified atom stereocenters. The largest absolute Gasteiger partial charge is 0.496 e. The van der Waals surface area contributed by atoms with Gasteiger partial charge in [0.25, 0.3) is 5.91 Å². The standard InChI is InChI=1S/C20H22N4O5S/c1-4-21-20(25)16-12-15(10-11-17(16)28-3)30(26,27)24(2)13-18-22-19(23-29-18)14-8-6-5-7-9-14/h5-12H,4,13H2,1-3H3,(H,21,25). The second kappa shape index (κ2) is 9.06. The molecule has 158 valence electrons. The van der Waals surface area contributed by atoms with Crippen LogP contribution >= 0.6 is 0 Å². The van der Waals surface area contributed by atoms with Crippen molar-refractivity contribution >= 4 is 15.9 Å². The highest BCUT2D eigenvalue weighted by molar-refractivity contribution is 7.89. The van der Waals surface area contributed by atoms with Crippen LogP contribution in [0.3, 0.4) is 0 Å². The Labute approximate surface area is 174 Å². The fourth-order valence-corrected chi connectivity index (χ4v) is 3.91. The molecule has 1 amide bonds. The number of sulfonamides is 1. The molecule has 1 heterocycles. The fourth-order valence-electron chi connectivity index (χ4n) is 2.76. The van der Waals surface area contributed by atoms with Crippen LogP contribution in [0.5, 0.6) is 5.75 Å². The molecular formula is C20H22N4O5S. The van der Waals surface area contributed by atoms with Crippen molar-refractivity contribution in [3.05, 3.63) is 60.0 Å². The summed E-state index contributed by atoms with van der Waals surface area (Å²) in [4.78, 5) is 16.5. The van der Waals surface area contributed by atoms with Crippen molar-refractivity contribution in [2.75, 3.05) is 20.7 Å². The van der Waals surface area contributed by atoms with Gasteiger partial charge in [0.15, 0.2) is 0 Å². The Kier molecular flexibility index (Phi) is 6.48. The lowest BCUT2D eigenvalue weighted by Gasteiger charge is -2.16. The van der Waals surface area contributed by atoms with Gasteiger partial charge >= 0.3 is 0 Å². The van der Waals surface area contributed by atoms with Crippen molar-refractivity contribution in [1.29, 1.82) is 0 Å². The van der Waals surface area contributed by atoms with Gasteiger partial charge in [-0.3, -0.25) is 4.79 Å². The zero-order valence-electron chi connectivity index (χ0n) is 16.8. The molecule has 3 rings (SSSR count). The summed E-state index contributed by atoms with van der Waals surface area (Å²) in [6.45, 7) is 2.05. The van der Waals surface area contributed by atoms with Gasteiger partial charge in [-0.15, -0.1) is 0 Å². The zero-order chi connectivity index (χ0) is 21.7. The lowest BCUT2D eigenvalue weighted by molar-refractivity contribution is 0.0952. The highest BCUT2D eigenvalue weighted by Gasteiger charge is 2.25. The van der Waals surface area contributed by atoms with Crippen molar-refractivity contribution in [2.24, 2.45) is 0 Å². The molecule has 1 aromatic heterocycles. The minimum atomic E-state index is -3.92. The fraction of sp³-hybridized carbons (Fsp3) is 0.250. The third-order valence-electron chi connectivity index (χ3n) is 4.32. The summed E-state index contributed by atoms with van der Waals surface area (Å²) < 4.78 is 37.5. The topological polar surface area (TPSA) is 115 Å². The van der Waals surface area contributed by atoms with Crippen LogP contribution in [-0.2, 0) is 16.6 Å². The molecule has 10 heteroatoms. The van der Waals surface area contributed by atoms with Crippen LogP contribution in [0.1, 0.15) is 23.2 Å². The molecule has 0 radical (unpaired) electrons. The van der Waals surface area contributed by atoms with E-state index in [4.69, 9.17) is 9.26 Å². The molecule has 2 aromatic carbocycles. The predicted molar refractivity (Wildman–Crippen MR) is 109 cm³/mol. The maximum Gasteiger partial charge on any atom is 0.255 e. The third kappa shape index (κ3) is 4.50. The number of carbonyl (C=O) groups is 1. The summed E-state index contributed by atoms with van der Waals surface area (Å²) in [5.41, 5.74) is 0.901. The first-order chi connectivity index (χ1) is 14.4. The molecule has 1 N–H and O–H groups in total. The molecule has 0 aliphatic heterocycles. The van der Waals surface area contributed by atoms with Gasteiger partial charge in [0, 0.05) is 19.2 Å². The number of amides is 1. The quantitative estimate of drug-likeness (QED) is 0.583. The van der Waals surface area contributed by atoms with E-state index in [1.807, 2.05) is 30.3 Å². The second-order valence-corrected chi connectivity index (χ2v) is 8.41. The number of nitrogens with one attached hydrogen (secondary N) is 1. The van der Waals surface area contributed by atoms with Gasteiger partial charge in [-0.25, -0.2) is 8.42 Å². The van der Waals surface area contributed by atoms with Gasteiger partial charge in [-0.05, 0) is 25.1 Å². The second-order valence-electron chi connectivity index (χ2n) is 6.36. The van der Waals surface area contributed by atoms with Crippen molar-refractivity contribution in [1.82, 2.24) is 19.8 Å². The minimum Gasteiger partial charge on any atom is -0.496 e. The summed E-state index contributed by atoms with van der Waals surface area (Å²) in [5.74, 6) is 0.391. The van der Waals surface area contributed by atoms with Crippen molar-refractivity contribution < 1.29 is 22.5 Å². The Bertz CT molecular complexity index is 1130. The lowest BCUT2D eigenvalue weighted by atomic mass is 10.2. The minimum absolute atomic E-state index is 0.0464. The predicted octanol–water partition coefficient (Wildman–Crippen LogP) is 2.32. The Morgan fingerprint density at radius 2 is 1.93 bits per heavy atom. The van der Waals surface area contributed by atoms with Crippen LogP contribution < -0.4 is 10.1 Å². The van der Waals surface area contributed by atoms with Gasteiger partial charge in [0.05, 0.1) is 24.1 Å². The number of nitrogens with zero attached hydrogens (tertiary/aromatic N) is 3. The van der Waals surface area contributed by atoms with E-state index >= 15 is 0 Å². The first kappa shape index (κ1) is 21.5. The molecule has 0 bridgehead atoms. The van der Waals surface area contributed by atoms with Crippen LogP contribution in [0, 0.1) is 0 Å². The van der Waals surface area contributed by atoms with Gasteiger partial charge in [-0.1, -0.05) is 35.5 Å². The highest BCUT2D eigenvalue weighted by atomic mass is 32.2. The first-order valence-electron chi connectivity index (χ1n) is 9.17. The molecule has 0 spiro atoms. The molecule has 0 fully saturated rings. The van der Waals surface area contributed by atoms with Gasteiger partial charge < -0.3 is 14.6 Å². The number of carbonyl (C=O) groups excluding carboxylic acids is 1. The zero-order valence-corrected chi connectivity index (χ0v) is 17.6. The van der Waals surface area contributed by atoms with E-state index in [0.717, 1.165) is 9.87 Å². The Balaban J connectivity index is 1.84. The normalized spacial score (nSPS) is 11.5. The summed E-state index contributed by atoms with van der Waals surface area (Å²) >= 11 is 0. The number of aromatic nitrogens is 2. The summed E-state index contributed by atoms with van der Waals surface area (Å²) in [6.07, 6.45) is 0. The summed E-state index contributed by atoms with van der Waals surface area (Å²) in [7, 11) is -1.10. The monoisotopic (exact) mass is 430 g/mol. The van der Waals surface area contributed by atoms with E-state index in [0.29, 0.717) is 12.4 Å². The molecule has 0 saturated heterocycles. The molecule has 0 aliphatic carbocycles. The van der Waals surface area contributed by atoms with E-state index < -0.39 is 15.9 Å². The van der Waals surface area contributed by atoms with Gasteiger partial charge in [0.2, 0.25) is 21.7 Å².